The molecule has 1 aromatic rings. The maximum Gasteiger partial charge on any atom is 0.241 e. The van der Waals surface area contributed by atoms with E-state index in [1.54, 1.807) is 11.4 Å². The van der Waals surface area contributed by atoms with Crippen LogP contribution in [0.1, 0.15) is 24.1 Å². The lowest BCUT2D eigenvalue weighted by atomic mass is 10.1. The van der Waals surface area contributed by atoms with E-state index in [-0.39, 0.29) is 6.04 Å². The van der Waals surface area contributed by atoms with E-state index < -0.39 is 10.0 Å². The molecule has 1 aromatic heterocycles. The lowest BCUT2D eigenvalue weighted by Gasteiger charge is -2.20. The molecule has 0 saturated carbocycles. The van der Waals surface area contributed by atoms with Crippen molar-refractivity contribution in [1.82, 2.24) is 14.9 Å². The molecule has 20 heavy (non-hydrogen) atoms. The molecule has 2 saturated heterocycles. The Morgan fingerprint density at radius 3 is 3.05 bits per heavy atom. The van der Waals surface area contributed by atoms with E-state index in [1.807, 2.05) is 7.05 Å². The average Bonchev–Trinajstić information content (AvgIpc) is 3.07. The summed E-state index contributed by atoms with van der Waals surface area (Å²) in [6.45, 7) is 2.85. The van der Waals surface area contributed by atoms with Crippen LogP contribution in [0.3, 0.4) is 0 Å². The number of nitrogens with one attached hydrogen (secondary N) is 2. The van der Waals surface area contributed by atoms with Crippen molar-refractivity contribution in [2.24, 2.45) is 0 Å². The first-order valence-electron chi connectivity index (χ1n) is 7.08. The highest BCUT2D eigenvalue weighted by molar-refractivity contribution is 7.89. The SMILES string of the molecule is CNCc1cc(S(=O)(=O)NC2CCN3CCCC23)cs1. The number of hydrogen-bond donors (Lipinski definition) is 2. The Kier molecular flexibility index (Phi) is 4.14. The van der Waals surface area contributed by atoms with Gasteiger partial charge >= 0.3 is 0 Å². The van der Waals surface area contributed by atoms with E-state index >= 15 is 0 Å². The van der Waals surface area contributed by atoms with Gasteiger partial charge in [-0.3, -0.25) is 4.90 Å². The topological polar surface area (TPSA) is 61.4 Å². The lowest BCUT2D eigenvalue weighted by Crippen LogP contribution is -2.42. The Morgan fingerprint density at radius 1 is 1.40 bits per heavy atom. The maximum absolute atomic E-state index is 12.5. The number of nitrogens with zero attached hydrogens (tertiary/aromatic N) is 1. The zero-order valence-electron chi connectivity index (χ0n) is 11.6. The van der Waals surface area contributed by atoms with Crippen molar-refractivity contribution < 1.29 is 8.42 Å². The third-order valence-electron chi connectivity index (χ3n) is 4.20. The van der Waals surface area contributed by atoms with Crippen molar-refractivity contribution in [2.45, 2.75) is 42.8 Å². The molecule has 0 amide bonds. The van der Waals surface area contributed by atoms with Gasteiger partial charge in [0.05, 0.1) is 4.90 Å². The second-order valence-corrected chi connectivity index (χ2v) is 8.25. The van der Waals surface area contributed by atoms with Crippen molar-refractivity contribution >= 4 is 21.4 Å². The predicted octanol–water partition coefficient (Wildman–Crippen LogP) is 0.982. The Morgan fingerprint density at radius 2 is 2.25 bits per heavy atom. The quantitative estimate of drug-likeness (QED) is 0.850. The third kappa shape index (κ3) is 2.78. The molecule has 7 heteroatoms. The van der Waals surface area contributed by atoms with Crippen LogP contribution in [-0.2, 0) is 16.6 Å². The molecule has 2 fully saturated rings. The van der Waals surface area contributed by atoms with Gasteiger partial charge in [-0.1, -0.05) is 0 Å². The van der Waals surface area contributed by atoms with Gasteiger partial charge in [0.15, 0.2) is 0 Å². The fraction of sp³-hybridized carbons (Fsp3) is 0.692. The van der Waals surface area contributed by atoms with E-state index in [4.69, 9.17) is 0 Å². The van der Waals surface area contributed by atoms with Crippen LogP contribution in [0.15, 0.2) is 16.3 Å². The number of sulfonamides is 1. The molecular formula is C13H21N3O2S2. The summed E-state index contributed by atoms with van der Waals surface area (Å²) in [5.74, 6) is 0. The summed E-state index contributed by atoms with van der Waals surface area (Å²) < 4.78 is 27.8. The summed E-state index contributed by atoms with van der Waals surface area (Å²) in [6, 6.07) is 2.25. The van der Waals surface area contributed by atoms with Crippen LogP contribution in [-0.4, -0.2) is 45.5 Å². The Hall–Kier alpha value is -0.470. The minimum atomic E-state index is -3.37. The van der Waals surface area contributed by atoms with Crippen molar-refractivity contribution in [1.29, 1.82) is 0 Å². The summed E-state index contributed by atoms with van der Waals surface area (Å²) in [7, 11) is -1.51. The van der Waals surface area contributed by atoms with Crippen molar-refractivity contribution in [3.63, 3.8) is 0 Å². The van der Waals surface area contributed by atoms with Crippen molar-refractivity contribution in [3.8, 4) is 0 Å². The summed E-state index contributed by atoms with van der Waals surface area (Å²) in [5.41, 5.74) is 0. The normalized spacial score (nSPS) is 27.1. The van der Waals surface area contributed by atoms with Gasteiger partial charge in [0.1, 0.15) is 0 Å². The van der Waals surface area contributed by atoms with E-state index in [1.165, 1.54) is 17.8 Å². The molecule has 112 valence electrons. The average molecular weight is 315 g/mol. The van der Waals surface area contributed by atoms with Gasteiger partial charge in [-0.05, 0) is 38.9 Å². The zero-order chi connectivity index (χ0) is 14.2. The van der Waals surface area contributed by atoms with Gasteiger partial charge in [-0.25, -0.2) is 13.1 Å². The monoisotopic (exact) mass is 315 g/mol. The smallest absolute Gasteiger partial charge is 0.241 e. The van der Waals surface area contributed by atoms with Crippen LogP contribution in [0.25, 0.3) is 0 Å². The molecule has 0 radical (unpaired) electrons. The highest BCUT2D eigenvalue weighted by Gasteiger charge is 2.39. The first-order valence-corrected chi connectivity index (χ1v) is 9.45. The molecule has 0 bridgehead atoms. The molecule has 0 spiro atoms. The molecule has 2 atom stereocenters. The molecule has 2 unspecified atom stereocenters. The van der Waals surface area contributed by atoms with Crippen LogP contribution in [0.4, 0.5) is 0 Å². The molecule has 0 aromatic carbocycles. The van der Waals surface area contributed by atoms with E-state index in [0.717, 1.165) is 30.8 Å². The highest BCUT2D eigenvalue weighted by Crippen LogP contribution is 2.29. The van der Waals surface area contributed by atoms with Crippen LogP contribution >= 0.6 is 11.3 Å². The van der Waals surface area contributed by atoms with E-state index in [0.29, 0.717) is 17.5 Å². The second kappa shape index (κ2) is 5.73. The Bertz CT molecular complexity index is 570. The van der Waals surface area contributed by atoms with Gasteiger partial charge in [-0.2, -0.15) is 0 Å². The van der Waals surface area contributed by atoms with Gasteiger partial charge in [0.25, 0.3) is 0 Å². The van der Waals surface area contributed by atoms with Gasteiger partial charge in [0, 0.05) is 35.4 Å². The number of hydrogen-bond acceptors (Lipinski definition) is 5. The van der Waals surface area contributed by atoms with E-state index in [2.05, 4.69) is 14.9 Å². The number of fused-ring (bicyclic) bond motifs is 1. The molecule has 2 N–H and O–H groups in total. The van der Waals surface area contributed by atoms with Crippen molar-refractivity contribution in [2.75, 3.05) is 20.1 Å². The predicted molar refractivity (Wildman–Crippen MR) is 80.4 cm³/mol. The minimum absolute atomic E-state index is 0.0788. The summed E-state index contributed by atoms with van der Waals surface area (Å²) >= 11 is 1.49. The van der Waals surface area contributed by atoms with Gasteiger partial charge < -0.3 is 5.32 Å². The number of rotatable bonds is 5. The van der Waals surface area contributed by atoms with Gasteiger partial charge in [-0.15, -0.1) is 11.3 Å². The van der Waals surface area contributed by atoms with Crippen molar-refractivity contribution in [3.05, 3.63) is 16.3 Å². The first kappa shape index (κ1) is 14.5. The first-order chi connectivity index (χ1) is 9.60. The number of thiophene rings is 1. The second-order valence-electron chi connectivity index (χ2n) is 5.54. The summed E-state index contributed by atoms with van der Waals surface area (Å²) in [5, 5.41) is 4.77. The zero-order valence-corrected chi connectivity index (χ0v) is 13.3. The molecular weight excluding hydrogens is 294 g/mol. The van der Waals surface area contributed by atoms with Crippen LogP contribution in [0.2, 0.25) is 0 Å². The Balaban J connectivity index is 1.71. The molecule has 5 nitrogen and oxygen atoms in total. The maximum atomic E-state index is 12.5. The highest BCUT2D eigenvalue weighted by atomic mass is 32.2. The fourth-order valence-electron chi connectivity index (χ4n) is 3.26. The third-order valence-corrected chi connectivity index (χ3v) is 6.76. The van der Waals surface area contributed by atoms with Crippen LogP contribution in [0.5, 0.6) is 0 Å². The van der Waals surface area contributed by atoms with Crippen LogP contribution < -0.4 is 10.0 Å². The molecule has 2 aliphatic heterocycles. The lowest BCUT2D eigenvalue weighted by molar-refractivity contribution is 0.309. The summed E-state index contributed by atoms with van der Waals surface area (Å²) in [6.07, 6.45) is 3.23. The summed E-state index contributed by atoms with van der Waals surface area (Å²) in [4.78, 5) is 3.86. The standard InChI is InChI=1S/C13H21N3O2S2/c1-14-8-10-7-11(9-19-10)20(17,18)15-12-4-6-16-5-2-3-13(12)16/h7,9,12-15H,2-6,8H2,1H3. The molecule has 3 heterocycles. The molecule has 3 rings (SSSR count). The van der Waals surface area contributed by atoms with Crippen LogP contribution in [0, 0.1) is 0 Å². The molecule has 0 aliphatic carbocycles. The van der Waals surface area contributed by atoms with Gasteiger partial charge in [0.2, 0.25) is 10.0 Å². The fourth-order valence-corrected chi connectivity index (χ4v) is 5.85. The van der Waals surface area contributed by atoms with E-state index in [9.17, 15) is 8.42 Å². The minimum Gasteiger partial charge on any atom is -0.315 e. The largest absolute Gasteiger partial charge is 0.315 e. The molecule has 2 aliphatic rings. The Labute approximate surface area is 124 Å².